The Labute approximate surface area is 105 Å². The monoisotopic (exact) mass is 248 g/mol. The van der Waals surface area contributed by atoms with Crippen molar-refractivity contribution in [2.24, 2.45) is 5.92 Å². The first kappa shape index (κ1) is 15.7. The predicted molar refractivity (Wildman–Crippen MR) is 70.0 cm³/mol. The summed E-state index contributed by atoms with van der Waals surface area (Å²) in [5, 5.41) is 3.08. The van der Waals surface area contributed by atoms with E-state index in [9.17, 15) is 4.79 Å². The molecule has 0 aliphatic carbocycles. The summed E-state index contributed by atoms with van der Waals surface area (Å²) in [7, 11) is 1.93. The molecule has 0 radical (unpaired) electrons. The number of piperidine rings is 1. The third-order valence-corrected chi connectivity index (χ3v) is 3.27. The molecule has 1 unspecified atom stereocenters. The van der Waals surface area contributed by atoms with Crippen molar-refractivity contribution in [2.75, 3.05) is 26.7 Å². The van der Waals surface area contributed by atoms with Crippen molar-refractivity contribution in [1.29, 1.82) is 0 Å². The lowest BCUT2D eigenvalue weighted by Gasteiger charge is -2.32. The molecule has 1 heterocycles. The third-order valence-electron chi connectivity index (χ3n) is 3.27. The number of carbonyl (C=O) groups excluding carboxylic acids is 1. The van der Waals surface area contributed by atoms with Gasteiger partial charge in [-0.1, -0.05) is 13.3 Å². The van der Waals surface area contributed by atoms with E-state index in [2.05, 4.69) is 17.1 Å². The first-order chi connectivity index (χ1) is 7.27. The van der Waals surface area contributed by atoms with E-state index in [1.165, 1.54) is 19.3 Å². The van der Waals surface area contributed by atoms with E-state index >= 15 is 0 Å². The Balaban J connectivity index is 0.00000225. The fourth-order valence-corrected chi connectivity index (χ4v) is 2.20. The molecular weight excluding hydrogens is 224 g/mol. The van der Waals surface area contributed by atoms with Crippen LogP contribution in [-0.2, 0) is 4.79 Å². The minimum atomic E-state index is 0. The molecule has 3 nitrogen and oxygen atoms in total. The summed E-state index contributed by atoms with van der Waals surface area (Å²) in [5.74, 6) is 1.09. The van der Waals surface area contributed by atoms with Crippen LogP contribution >= 0.6 is 12.4 Å². The van der Waals surface area contributed by atoms with E-state index in [1.807, 2.05) is 7.05 Å². The molecule has 0 aromatic heterocycles. The third kappa shape index (κ3) is 5.17. The largest absolute Gasteiger partial charge is 0.342 e. The molecule has 0 bridgehead atoms. The Hall–Kier alpha value is -0.280. The average molecular weight is 249 g/mol. The first-order valence-electron chi connectivity index (χ1n) is 6.20. The number of amides is 1. The van der Waals surface area contributed by atoms with E-state index in [1.54, 1.807) is 0 Å². The standard InChI is InChI=1S/C12H24N2O.ClH/c1-3-11-6-5-9-14(10-11)12(15)7-4-8-13-2;/h11,13H,3-10H2,1-2H3;1H. The van der Waals surface area contributed by atoms with Crippen LogP contribution in [0.25, 0.3) is 0 Å². The molecule has 0 aromatic rings. The van der Waals surface area contributed by atoms with E-state index < -0.39 is 0 Å². The second-order valence-electron chi connectivity index (χ2n) is 4.46. The lowest BCUT2D eigenvalue weighted by atomic mass is 9.95. The molecule has 0 aromatic carbocycles. The van der Waals surface area contributed by atoms with Gasteiger partial charge in [-0.05, 0) is 38.8 Å². The van der Waals surface area contributed by atoms with Gasteiger partial charge in [-0.15, -0.1) is 12.4 Å². The fraction of sp³-hybridized carbons (Fsp3) is 0.917. The SMILES string of the molecule is CCC1CCCN(C(=O)CCCNC)C1.Cl. The summed E-state index contributed by atoms with van der Waals surface area (Å²) in [6, 6.07) is 0. The molecule has 16 heavy (non-hydrogen) atoms. The Bertz CT molecular complexity index is 199. The highest BCUT2D eigenvalue weighted by atomic mass is 35.5. The van der Waals surface area contributed by atoms with Gasteiger partial charge in [-0.25, -0.2) is 0 Å². The van der Waals surface area contributed by atoms with Crippen LogP contribution in [0.15, 0.2) is 0 Å². The number of hydrogen-bond donors (Lipinski definition) is 1. The van der Waals surface area contributed by atoms with Gasteiger partial charge in [0, 0.05) is 19.5 Å². The summed E-state index contributed by atoms with van der Waals surface area (Å²) < 4.78 is 0. The molecule has 1 atom stereocenters. The summed E-state index contributed by atoms with van der Waals surface area (Å²) in [6.07, 6.45) is 5.37. The Kier molecular flexibility index (Phi) is 8.67. The smallest absolute Gasteiger partial charge is 0.222 e. The molecule has 96 valence electrons. The van der Waals surface area contributed by atoms with Crippen molar-refractivity contribution in [3.05, 3.63) is 0 Å². The minimum Gasteiger partial charge on any atom is -0.342 e. The van der Waals surface area contributed by atoms with Crippen LogP contribution in [0.2, 0.25) is 0 Å². The maximum Gasteiger partial charge on any atom is 0.222 e. The van der Waals surface area contributed by atoms with Crippen LogP contribution in [0.1, 0.15) is 39.0 Å². The normalized spacial score (nSPS) is 20.4. The first-order valence-corrected chi connectivity index (χ1v) is 6.20. The van der Waals surface area contributed by atoms with Crippen molar-refractivity contribution in [3.63, 3.8) is 0 Å². The van der Waals surface area contributed by atoms with Crippen molar-refractivity contribution in [1.82, 2.24) is 10.2 Å². The van der Waals surface area contributed by atoms with Gasteiger partial charge in [0.15, 0.2) is 0 Å². The van der Waals surface area contributed by atoms with Crippen LogP contribution in [0, 0.1) is 5.92 Å². The summed E-state index contributed by atoms with van der Waals surface area (Å²) in [4.78, 5) is 13.9. The van der Waals surface area contributed by atoms with Crippen LogP contribution in [0.3, 0.4) is 0 Å². The Morgan fingerprint density at radius 2 is 2.25 bits per heavy atom. The van der Waals surface area contributed by atoms with Crippen molar-refractivity contribution < 1.29 is 4.79 Å². The highest BCUT2D eigenvalue weighted by Crippen LogP contribution is 2.19. The number of halogens is 1. The lowest BCUT2D eigenvalue weighted by molar-refractivity contribution is -0.133. The van der Waals surface area contributed by atoms with E-state index in [0.29, 0.717) is 12.3 Å². The molecule has 0 saturated carbocycles. The van der Waals surface area contributed by atoms with Gasteiger partial charge in [0.1, 0.15) is 0 Å². The molecule has 1 aliphatic heterocycles. The lowest BCUT2D eigenvalue weighted by Crippen LogP contribution is -2.39. The zero-order valence-corrected chi connectivity index (χ0v) is 11.3. The van der Waals surface area contributed by atoms with Gasteiger partial charge in [-0.2, -0.15) is 0 Å². The van der Waals surface area contributed by atoms with Crippen LogP contribution in [-0.4, -0.2) is 37.5 Å². The highest BCUT2D eigenvalue weighted by molar-refractivity contribution is 5.85. The topological polar surface area (TPSA) is 32.3 Å². The van der Waals surface area contributed by atoms with Gasteiger partial charge in [0.2, 0.25) is 5.91 Å². The number of rotatable bonds is 5. The van der Waals surface area contributed by atoms with Gasteiger partial charge in [0.25, 0.3) is 0 Å². The quantitative estimate of drug-likeness (QED) is 0.756. The summed E-state index contributed by atoms with van der Waals surface area (Å²) in [6.45, 7) is 5.14. The fourth-order valence-electron chi connectivity index (χ4n) is 2.20. The molecule has 1 saturated heterocycles. The molecular formula is C12H25ClN2O. The number of nitrogens with one attached hydrogen (secondary N) is 1. The number of hydrogen-bond acceptors (Lipinski definition) is 2. The maximum absolute atomic E-state index is 11.8. The average Bonchev–Trinajstić information content (AvgIpc) is 2.29. The molecule has 1 rings (SSSR count). The molecule has 1 fully saturated rings. The number of carbonyl (C=O) groups is 1. The van der Waals surface area contributed by atoms with E-state index in [-0.39, 0.29) is 12.4 Å². The molecule has 1 N–H and O–H groups in total. The number of likely N-dealkylation sites (tertiary alicyclic amines) is 1. The minimum absolute atomic E-state index is 0. The highest BCUT2D eigenvalue weighted by Gasteiger charge is 2.21. The van der Waals surface area contributed by atoms with E-state index in [4.69, 9.17) is 0 Å². The van der Waals surface area contributed by atoms with Gasteiger partial charge >= 0.3 is 0 Å². The molecule has 4 heteroatoms. The van der Waals surface area contributed by atoms with Crippen molar-refractivity contribution in [2.45, 2.75) is 39.0 Å². The van der Waals surface area contributed by atoms with Crippen molar-refractivity contribution >= 4 is 18.3 Å². The zero-order valence-electron chi connectivity index (χ0n) is 10.5. The van der Waals surface area contributed by atoms with Gasteiger partial charge < -0.3 is 10.2 Å². The Morgan fingerprint density at radius 1 is 1.50 bits per heavy atom. The summed E-state index contributed by atoms with van der Waals surface area (Å²) >= 11 is 0. The second-order valence-corrected chi connectivity index (χ2v) is 4.46. The number of nitrogens with zero attached hydrogens (tertiary/aromatic N) is 1. The van der Waals surface area contributed by atoms with E-state index in [0.717, 1.165) is 32.0 Å². The summed E-state index contributed by atoms with van der Waals surface area (Å²) in [5.41, 5.74) is 0. The predicted octanol–water partition coefficient (Wildman–Crippen LogP) is 2.06. The van der Waals surface area contributed by atoms with Crippen LogP contribution in [0.4, 0.5) is 0 Å². The van der Waals surface area contributed by atoms with Crippen molar-refractivity contribution in [3.8, 4) is 0 Å². The van der Waals surface area contributed by atoms with Crippen LogP contribution < -0.4 is 5.32 Å². The van der Waals surface area contributed by atoms with Crippen LogP contribution in [0.5, 0.6) is 0 Å². The molecule has 1 aliphatic rings. The zero-order chi connectivity index (χ0) is 11.1. The van der Waals surface area contributed by atoms with Gasteiger partial charge in [0.05, 0.1) is 0 Å². The Morgan fingerprint density at radius 3 is 2.88 bits per heavy atom. The molecule has 0 spiro atoms. The molecule has 1 amide bonds. The maximum atomic E-state index is 11.8. The van der Waals surface area contributed by atoms with Gasteiger partial charge in [-0.3, -0.25) is 4.79 Å². The second kappa shape index (κ2) is 8.82.